The first-order chi connectivity index (χ1) is 9.13. The van der Waals surface area contributed by atoms with Gasteiger partial charge in [-0.05, 0) is 18.2 Å². The molecule has 0 spiro atoms. The summed E-state index contributed by atoms with van der Waals surface area (Å²) in [6.07, 6.45) is 0. The lowest BCUT2D eigenvalue weighted by Gasteiger charge is -2.13. The molecule has 2 nitrogen and oxygen atoms in total. The standard InChI is InChI=1S/C14H11Cl3O2/c15-11-4-2-5-12(16)10(11)8-19-14-9(7-18)3-1-6-13(14)17/h1-6,18H,7-8H2. The summed E-state index contributed by atoms with van der Waals surface area (Å²) in [4.78, 5) is 0. The summed E-state index contributed by atoms with van der Waals surface area (Å²) in [5.74, 6) is 0.447. The topological polar surface area (TPSA) is 29.5 Å². The van der Waals surface area contributed by atoms with Crippen LogP contribution in [0.25, 0.3) is 0 Å². The van der Waals surface area contributed by atoms with E-state index in [4.69, 9.17) is 39.5 Å². The number of halogens is 3. The minimum Gasteiger partial charge on any atom is -0.487 e. The van der Waals surface area contributed by atoms with Crippen LogP contribution in [0.3, 0.4) is 0 Å². The van der Waals surface area contributed by atoms with Crippen molar-refractivity contribution in [1.82, 2.24) is 0 Å². The van der Waals surface area contributed by atoms with Crippen molar-refractivity contribution in [3.8, 4) is 5.75 Å². The molecule has 0 bridgehead atoms. The average molecular weight is 318 g/mol. The van der Waals surface area contributed by atoms with Gasteiger partial charge in [-0.1, -0.05) is 53.0 Å². The van der Waals surface area contributed by atoms with Crippen molar-refractivity contribution in [1.29, 1.82) is 0 Å². The monoisotopic (exact) mass is 316 g/mol. The number of aliphatic hydroxyl groups is 1. The lowest BCUT2D eigenvalue weighted by Crippen LogP contribution is -2.00. The maximum Gasteiger partial charge on any atom is 0.143 e. The maximum absolute atomic E-state index is 9.26. The summed E-state index contributed by atoms with van der Waals surface area (Å²) in [6.45, 7) is 0.0430. The van der Waals surface area contributed by atoms with Crippen LogP contribution in [0.4, 0.5) is 0 Å². The summed E-state index contributed by atoms with van der Waals surface area (Å²) < 4.78 is 5.65. The Balaban J connectivity index is 2.24. The van der Waals surface area contributed by atoms with E-state index in [1.807, 2.05) is 0 Å². The third-order valence-corrected chi connectivity index (χ3v) is 3.65. The van der Waals surface area contributed by atoms with Crippen LogP contribution in [0.1, 0.15) is 11.1 Å². The van der Waals surface area contributed by atoms with Gasteiger partial charge in [-0.3, -0.25) is 0 Å². The van der Waals surface area contributed by atoms with Gasteiger partial charge in [-0.25, -0.2) is 0 Å². The second kappa shape index (κ2) is 6.49. The molecular formula is C14H11Cl3O2. The molecule has 0 saturated heterocycles. The van der Waals surface area contributed by atoms with E-state index in [0.29, 0.717) is 31.9 Å². The highest BCUT2D eigenvalue weighted by atomic mass is 35.5. The smallest absolute Gasteiger partial charge is 0.143 e. The fourth-order valence-corrected chi connectivity index (χ4v) is 2.41. The minimum absolute atomic E-state index is 0.147. The molecule has 1 N–H and O–H groups in total. The van der Waals surface area contributed by atoms with Crippen LogP contribution in [-0.2, 0) is 13.2 Å². The molecular weight excluding hydrogens is 307 g/mol. The molecule has 0 aliphatic rings. The first-order valence-corrected chi connectivity index (χ1v) is 6.71. The van der Waals surface area contributed by atoms with Gasteiger partial charge in [0.2, 0.25) is 0 Å². The van der Waals surface area contributed by atoms with Gasteiger partial charge < -0.3 is 9.84 Å². The summed E-state index contributed by atoms with van der Waals surface area (Å²) in [6, 6.07) is 10.4. The highest BCUT2D eigenvalue weighted by molar-refractivity contribution is 6.36. The van der Waals surface area contributed by atoms with Crippen LogP contribution in [-0.4, -0.2) is 5.11 Å². The van der Waals surface area contributed by atoms with Gasteiger partial charge in [0.05, 0.1) is 11.6 Å². The maximum atomic E-state index is 9.26. The predicted molar refractivity (Wildman–Crippen MR) is 78.2 cm³/mol. The molecule has 0 atom stereocenters. The van der Waals surface area contributed by atoms with E-state index in [-0.39, 0.29) is 13.2 Å². The molecule has 2 rings (SSSR count). The van der Waals surface area contributed by atoms with Crippen LogP contribution >= 0.6 is 34.8 Å². The lowest BCUT2D eigenvalue weighted by molar-refractivity contribution is 0.259. The molecule has 2 aromatic carbocycles. The van der Waals surface area contributed by atoms with Crippen LogP contribution in [0.5, 0.6) is 5.75 Å². The average Bonchev–Trinajstić information content (AvgIpc) is 2.39. The molecule has 0 unspecified atom stereocenters. The summed E-state index contributed by atoms with van der Waals surface area (Å²) >= 11 is 18.2. The third-order valence-electron chi connectivity index (χ3n) is 2.64. The van der Waals surface area contributed by atoms with Crippen molar-refractivity contribution in [3.05, 3.63) is 62.6 Å². The van der Waals surface area contributed by atoms with E-state index in [2.05, 4.69) is 0 Å². The zero-order valence-corrected chi connectivity index (χ0v) is 12.1. The van der Waals surface area contributed by atoms with E-state index in [9.17, 15) is 5.11 Å². The molecule has 2 aromatic rings. The second-order valence-electron chi connectivity index (χ2n) is 3.88. The minimum atomic E-state index is -0.147. The van der Waals surface area contributed by atoms with Crippen LogP contribution in [0.2, 0.25) is 15.1 Å². The Labute approximate surface area is 126 Å². The molecule has 0 saturated carbocycles. The fourth-order valence-electron chi connectivity index (χ4n) is 1.65. The van der Waals surface area contributed by atoms with E-state index in [1.54, 1.807) is 36.4 Å². The van der Waals surface area contributed by atoms with Crippen molar-refractivity contribution in [2.24, 2.45) is 0 Å². The molecule has 0 fully saturated rings. The number of hydrogen-bond donors (Lipinski definition) is 1. The zero-order valence-electron chi connectivity index (χ0n) is 9.87. The van der Waals surface area contributed by atoms with Gasteiger partial charge in [0.15, 0.2) is 0 Å². The van der Waals surface area contributed by atoms with Crippen molar-refractivity contribution < 1.29 is 9.84 Å². The molecule has 0 aliphatic heterocycles. The molecule has 5 heteroatoms. The predicted octanol–water partition coefficient (Wildman–Crippen LogP) is 4.72. The number of para-hydroxylation sites is 1. The Morgan fingerprint density at radius 2 is 1.47 bits per heavy atom. The fraction of sp³-hybridized carbons (Fsp3) is 0.143. The Bertz CT molecular complexity index is 565. The van der Waals surface area contributed by atoms with Gasteiger partial charge in [0, 0.05) is 21.2 Å². The molecule has 0 radical (unpaired) electrons. The first-order valence-electron chi connectivity index (χ1n) is 5.57. The van der Waals surface area contributed by atoms with E-state index >= 15 is 0 Å². The molecule has 0 heterocycles. The number of ether oxygens (including phenoxy) is 1. The quantitative estimate of drug-likeness (QED) is 0.884. The molecule has 100 valence electrons. The zero-order chi connectivity index (χ0) is 13.8. The molecule has 0 aromatic heterocycles. The van der Waals surface area contributed by atoms with Crippen LogP contribution < -0.4 is 4.74 Å². The Morgan fingerprint density at radius 1 is 0.895 bits per heavy atom. The highest BCUT2D eigenvalue weighted by Gasteiger charge is 2.11. The SMILES string of the molecule is OCc1cccc(Cl)c1OCc1c(Cl)cccc1Cl. The summed E-state index contributed by atoms with van der Waals surface area (Å²) in [5.41, 5.74) is 1.31. The first kappa shape index (κ1) is 14.5. The molecule has 19 heavy (non-hydrogen) atoms. The Morgan fingerprint density at radius 3 is 2.11 bits per heavy atom. The van der Waals surface area contributed by atoms with Crippen LogP contribution in [0, 0.1) is 0 Å². The normalized spacial score (nSPS) is 10.5. The van der Waals surface area contributed by atoms with Gasteiger partial charge in [0.25, 0.3) is 0 Å². The molecule has 0 amide bonds. The Hall–Kier alpha value is -0.930. The molecule has 0 aliphatic carbocycles. The van der Waals surface area contributed by atoms with Gasteiger partial charge in [-0.15, -0.1) is 0 Å². The van der Waals surface area contributed by atoms with Crippen LogP contribution in [0.15, 0.2) is 36.4 Å². The van der Waals surface area contributed by atoms with Crippen molar-refractivity contribution in [3.63, 3.8) is 0 Å². The van der Waals surface area contributed by atoms with E-state index in [0.717, 1.165) is 0 Å². The Kier molecular flexibility index (Phi) is 4.94. The van der Waals surface area contributed by atoms with E-state index < -0.39 is 0 Å². The van der Waals surface area contributed by atoms with Crippen molar-refractivity contribution in [2.45, 2.75) is 13.2 Å². The van der Waals surface area contributed by atoms with Crippen molar-refractivity contribution in [2.75, 3.05) is 0 Å². The second-order valence-corrected chi connectivity index (χ2v) is 5.10. The third kappa shape index (κ3) is 3.34. The lowest BCUT2D eigenvalue weighted by atomic mass is 10.2. The highest BCUT2D eigenvalue weighted by Crippen LogP contribution is 2.31. The van der Waals surface area contributed by atoms with Crippen molar-refractivity contribution >= 4 is 34.8 Å². The number of hydrogen-bond acceptors (Lipinski definition) is 2. The summed E-state index contributed by atoms with van der Waals surface area (Å²) in [5, 5.41) is 10.8. The van der Waals surface area contributed by atoms with E-state index in [1.165, 1.54) is 0 Å². The van der Waals surface area contributed by atoms with Gasteiger partial charge >= 0.3 is 0 Å². The number of benzene rings is 2. The van der Waals surface area contributed by atoms with Gasteiger partial charge in [0.1, 0.15) is 12.4 Å². The van der Waals surface area contributed by atoms with Gasteiger partial charge in [-0.2, -0.15) is 0 Å². The number of rotatable bonds is 4. The largest absolute Gasteiger partial charge is 0.487 e. The number of aliphatic hydroxyl groups excluding tert-OH is 1. The summed E-state index contributed by atoms with van der Waals surface area (Å²) in [7, 11) is 0.